The highest BCUT2D eigenvalue weighted by Crippen LogP contribution is 2.27. The van der Waals surface area contributed by atoms with E-state index in [2.05, 4.69) is 36.2 Å². The van der Waals surface area contributed by atoms with Crippen LogP contribution < -0.4 is 0 Å². The van der Waals surface area contributed by atoms with Gasteiger partial charge in [-0.15, -0.1) is 0 Å². The Morgan fingerprint density at radius 1 is 1.19 bits per heavy atom. The first-order valence-corrected chi connectivity index (χ1v) is 6.80. The summed E-state index contributed by atoms with van der Waals surface area (Å²) in [6.07, 6.45) is 3.20. The van der Waals surface area contributed by atoms with Crippen LogP contribution in [0.2, 0.25) is 0 Å². The number of carbonyl (C=O) groups is 1. The molecule has 0 spiro atoms. The second-order valence-electron chi connectivity index (χ2n) is 4.92. The molecule has 0 aliphatic carbocycles. The molecule has 0 aliphatic heterocycles. The van der Waals surface area contributed by atoms with E-state index in [1.165, 1.54) is 24.1 Å². The average Bonchev–Trinajstić information content (AvgIpc) is 3.02. The summed E-state index contributed by atoms with van der Waals surface area (Å²) in [5, 5.41) is 2.36. The molecular weight excluding hydrogens is 264 g/mol. The zero-order chi connectivity index (χ0) is 14.8. The Balaban J connectivity index is 2.11. The maximum absolute atomic E-state index is 11.8. The third-order valence-corrected chi connectivity index (χ3v) is 3.75. The summed E-state index contributed by atoms with van der Waals surface area (Å²) < 4.78 is 6.65. The van der Waals surface area contributed by atoms with Crippen LogP contribution in [0.1, 0.15) is 29.0 Å². The van der Waals surface area contributed by atoms with Crippen molar-refractivity contribution in [1.82, 2.24) is 9.55 Å². The van der Waals surface area contributed by atoms with Crippen molar-refractivity contribution in [1.29, 1.82) is 0 Å². The lowest BCUT2D eigenvalue weighted by molar-refractivity contribution is 0.0587. The zero-order valence-electron chi connectivity index (χ0n) is 12.0. The first kappa shape index (κ1) is 13.4. The molecule has 2 aromatic carbocycles. The molecule has 0 saturated heterocycles. The van der Waals surface area contributed by atoms with Crippen molar-refractivity contribution in [2.75, 3.05) is 7.11 Å². The lowest BCUT2D eigenvalue weighted by atomic mass is 9.99. The molecule has 1 aromatic heterocycles. The number of benzene rings is 2. The number of nitrogens with zero attached hydrogens (tertiary/aromatic N) is 2. The second kappa shape index (κ2) is 5.40. The van der Waals surface area contributed by atoms with E-state index in [1.54, 1.807) is 6.33 Å². The van der Waals surface area contributed by atoms with Crippen molar-refractivity contribution in [2.45, 2.75) is 13.0 Å². The first-order chi connectivity index (χ1) is 10.2. The molecule has 3 rings (SSSR count). The predicted molar refractivity (Wildman–Crippen MR) is 81.3 cm³/mol. The monoisotopic (exact) mass is 280 g/mol. The number of ether oxygens (including phenoxy) is 1. The summed E-state index contributed by atoms with van der Waals surface area (Å²) in [5.41, 5.74) is 1.61. The van der Waals surface area contributed by atoms with E-state index in [0.717, 1.165) is 5.56 Å². The molecule has 4 heteroatoms. The molecule has 0 aliphatic rings. The number of hydrogen-bond acceptors (Lipinski definition) is 3. The van der Waals surface area contributed by atoms with Gasteiger partial charge < -0.3 is 9.30 Å². The lowest BCUT2D eigenvalue weighted by Gasteiger charge is -2.18. The van der Waals surface area contributed by atoms with Gasteiger partial charge in [-0.3, -0.25) is 0 Å². The molecule has 106 valence electrons. The van der Waals surface area contributed by atoms with Gasteiger partial charge in [0.25, 0.3) is 0 Å². The van der Waals surface area contributed by atoms with Gasteiger partial charge in [-0.2, -0.15) is 0 Å². The van der Waals surface area contributed by atoms with Crippen LogP contribution in [0.3, 0.4) is 0 Å². The molecule has 0 unspecified atom stereocenters. The topological polar surface area (TPSA) is 44.1 Å². The molecular formula is C17H16N2O2. The molecule has 0 bridgehead atoms. The Morgan fingerprint density at radius 2 is 1.95 bits per heavy atom. The highest BCUT2D eigenvalue weighted by atomic mass is 16.5. The standard InChI is InChI=1S/C17H16N2O2/c1-12(19-11-18-10-16(19)17(20)21-2)14-9-5-7-13-6-3-4-8-15(13)14/h3-12H,1-2H3/t12-/m0/s1. The van der Waals surface area contributed by atoms with Crippen molar-refractivity contribution in [3.05, 3.63) is 66.2 Å². The molecule has 1 heterocycles. The molecule has 3 aromatic rings. The third kappa shape index (κ3) is 2.29. The van der Waals surface area contributed by atoms with Crippen LogP contribution in [-0.2, 0) is 4.74 Å². The molecule has 0 N–H and O–H groups in total. The molecule has 0 radical (unpaired) electrons. The van der Waals surface area contributed by atoms with Gasteiger partial charge in [0.2, 0.25) is 0 Å². The fraction of sp³-hybridized carbons (Fsp3) is 0.176. The van der Waals surface area contributed by atoms with Crippen LogP contribution in [0.4, 0.5) is 0 Å². The van der Waals surface area contributed by atoms with E-state index < -0.39 is 0 Å². The summed E-state index contributed by atoms with van der Waals surface area (Å²) in [5.74, 6) is -0.375. The average molecular weight is 280 g/mol. The van der Waals surface area contributed by atoms with Crippen molar-refractivity contribution >= 4 is 16.7 Å². The Morgan fingerprint density at radius 3 is 2.76 bits per heavy atom. The SMILES string of the molecule is COC(=O)c1cncn1[C@@H](C)c1cccc2ccccc12. The van der Waals surface area contributed by atoms with Crippen LogP contribution >= 0.6 is 0 Å². The minimum atomic E-state index is -0.375. The van der Waals surface area contributed by atoms with E-state index in [4.69, 9.17) is 4.74 Å². The molecule has 0 saturated carbocycles. The molecule has 21 heavy (non-hydrogen) atoms. The normalized spacial score (nSPS) is 12.3. The van der Waals surface area contributed by atoms with Crippen LogP contribution in [0.15, 0.2) is 55.0 Å². The maximum Gasteiger partial charge on any atom is 0.356 e. The van der Waals surface area contributed by atoms with Gasteiger partial charge in [0.15, 0.2) is 0 Å². The number of aromatic nitrogens is 2. The summed E-state index contributed by atoms with van der Waals surface area (Å²) >= 11 is 0. The highest BCUT2D eigenvalue weighted by molar-refractivity contribution is 5.88. The third-order valence-electron chi connectivity index (χ3n) is 3.75. The number of fused-ring (bicyclic) bond motifs is 1. The number of hydrogen-bond donors (Lipinski definition) is 0. The maximum atomic E-state index is 11.8. The van der Waals surface area contributed by atoms with Crippen molar-refractivity contribution < 1.29 is 9.53 Å². The van der Waals surface area contributed by atoms with Crippen molar-refractivity contribution in [3.63, 3.8) is 0 Å². The van der Waals surface area contributed by atoms with E-state index in [0.29, 0.717) is 5.69 Å². The van der Waals surface area contributed by atoms with Crippen LogP contribution in [0.5, 0.6) is 0 Å². The Bertz CT molecular complexity index is 787. The van der Waals surface area contributed by atoms with Gasteiger partial charge in [0, 0.05) is 0 Å². The number of esters is 1. The highest BCUT2D eigenvalue weighted by Gasteiger charge is 2.18. The first-order valence-electron chi connectivity index (χ1n) is 6.80. The smallest absolute Gasteiger partial charge is 0.356 e. The second-order valence-corrected chi connectivity index (χ2v) is 4.92. The molecule has 4 nitrogen and oxygen atoms in total. The number of rotatable bonds is 3. The minimum absolute atomic E-state index is 0.00676. The van der Waals surface area contributed by atoms with Crippen molar-refractivity contribution in [3.8, 4) is 0 Å². The quantitative estimate of drug-likeness (QED) is 0.690. The van der Waals surface area contributed by atoms with E-state index in [-0.39, 0.29) is 12.0 Å². The largest absolute Gasteiger partial charge is 0.464 e. The minimum Gasteiger partial charge on any atom is -0.464 e. The van der Waals surface area contributed by atoms with Gasteiger partial charge in [-0.1, -0.05) is 42.5 Å². The van der Waals surface area contributed by atoms with Gasteiger partial charge in [-0.25, -0.2) is 9.78 Å². The number of methoxy groups -OCH3 is 1. The molecule has 1 atom stereocenters. The van der Waals surface area contributed by atoms with E-state index in [1.807, 2.05) is 22.8 Å². The van der Waals surface area contributed by atoms with Gasteiger partial charge in [0.1, 0.15) is 5.69 Å². The fourth-order valence-electron chi connectivity index (χ4n) is 2.64. The summed E-state index contributed by atoms with van der Waals surface area (Å²) in [4.78, 5) is 15.9. The van der Waals surface area contributed by atoms with Gasteiger partial charge in [-0.05, 0) is 23.3 Å². The van der Waals surface area contributed by atoms with Gasteiger partial charge >= 0.3 is 5.97 Å². The van der Waals surface area contributed by atoms with Crippen LogP contribution in [0.25, 0.3) is 10.8 Å². The summed E-state index contributed by atoms with van der Waals surface area (Å²) in [6, 6.07) is 14.4. The molecule has 0 amide bonds. The Kier molecular flexibility index (Phi) is 3.44. The lowest BCUT2D eigenvalue weighted by Crippen LogP contribution is -2.14. The Hall–Kier alpha value is -2.62. The summed E-state index contributed by atoms with van der Waals surface area (Å²) in [6.45, 7) is 2.05. The predicted octanol–water partition coefficient (Wildman–Crippen LogP) is 3.43. The van der Waals surface area contributed by atoms with Gasteiger partial charge in [0.05, 0.1) is 25.7 Å². The number of imidazole rings is 1. The fourth-order valence-corrected chi connectivity index (χ4v) is 2.64. The van der Waals surface area contributed by atoms with E-state index >= 15 is 0 Å². The molecule has 0 fully saturated rings. The van der Waals surface area contributed by atoms with E-state index in [9.17, 15) is 4.79 Å². The zero-order valence-corrected chi connectivity index (χ0v) is 12.0. The number of carbonyl (C=O) groups excluding carboxylic acids is 1. The van der Waals surface area contributed by atoms with Crippen molar-refractivity contribution in [2.24, 2.45) is 0 Å². The summed E-state index contributed by atoms with van der Waals surface area (Å²) in [7, 11) is 1.38. The van der Waals surface area contributed by atoms with Crippen LogP contribution in [-0.4, -0.2) is 22.6 Å². The Labute approximate surface area is 123 Å². The van der Waals surface area contributed by atoms with Crippen LogP contribution in [0, 0.1) is 0 Å².